The van der Waals surface area contributed by atoms with Crippen molar-refractivity contribution in [1.29, 1.82) is 0 Å². The van der Waals surface area contributed by atoms with Gasteiger partial charge < -0.3 is 15.7 Å². The van der Waals surface area contributed by atoms with E-state index in [-0.39, 0.29) is 18.6 Å². The number of pyridine rings is 1. The molecule has 3 rings (SSSR count). The Bertz CT molecular complexity index is 917. The fourth-order valence-corrected chi connectivity index (χ4v) is 2.38. The number of alkyl halides is 3. The van der Waals surface area contributed by atoms with Gasteiger partial charge in [-0.2, -0.15) is 18.2 Å². The first kappa shape index (κ1) is 19.6. The fraction of sp³-hybridized carbons (Fsp3) is 0.211. The molecule has 2 heterocycles. The summed E-state index contributed by atoms with van der Waals surface area (Å²) in [5.74, 6) is 0.641. The third kappa shape index (κ3) is 4.95. The highest BCUT2D eigenvalue weighted by Gasteiger charge is 2.29. The third-order valence-electron chi connectivity index (χ3n) is 3.79. The highest BCUT2D eigenvalue weighted by atomic mass is 19.4. The lowest BCUT2D eigenvalue weighted by atomic mass is 10.2. The molecule has 0 bridgehead atoms. The van der Waals surface area contributed by atoms with Crippen molar-refractivity contribution in [3.8, 4) is 11.4 Å². The van der Waals surface area contributed by atoms with Gasteiger partial charge in [0.05, 0.1) is 23.6 Å². The van der Waals surface area contributed by atoms with E-state index in [1.54, 1.807) is 31.3 Å². The molecule has 3 N–H and O–H groups in total. The summed E-state index contributed by atoms with van der Waals surface area (Å²) >= 11 is 0. The monoisotopic (exact) mass is 389 g/mol. The second-order valence-corrected chi connectivity index (χ2v) is 6.11. The highest BCUT2D eigenvalue weighted by Crippen LogP contribution is 2.30. The molecule has 0 spiro atoms. The smallest absolute Gasteiger partial charge is 0.394 e. The van der Waals surface area contributed by atoms with Crippen LogP contribution in [0.3, 0.4) is 0 Å². The molecular weight excluding hydrogens is 371 g/mol. The summed E-state index contributed by atoms with van der Waals surface area (Å²) in [6.07, 6.45) is -2.76. The second-order valence-electron chi connectivity index (χ2n) is 6.11. The lowest BCUT2D eigenvalue weighted by Crippen LogP contribution is -2.21. The van der Waals surface area contributed by atoms with Gasteiger partial charge in [0.1, 0.15) is 5.82 Å². The maximum Gasteiger partial charge on any atom is 0.416 e. The number of hydrogen-bond donors (Lipinski definition) is 3. The summed E-state index contributed by atoms with van der Waals surface area (Å²) in [6.45, 7) is 1.65. The molecule has 0 aliphatic carbocycles. The van der Waals surface area contributed by atoms with Gasteiger partial charge in [-0.15, -0.1) is 0 Å². The summed E-state index contributed by atoms with van der Waals surface area (Å²) < 4.78 is 38.2. The van der Waals surface area contributed by atoms with Crippen LogP contribution in [-0.4, -0.2) is 32.7 Å². The summed E-state index contributed by atoms with van der Waals surface area (Å²) in [5, 5.41) is 15.2. The van der Waals surface area contributed by atoms with Crippen LogP contribution < -0.4 is 10.6 Å². The van der Waals surface area contributed by atoms with Crippen molar-refractivity contribution in [2.75, 3.05) is 17.2 Å². The molecule has 0 saturated carbocycles. The minimum atomic E-state index is -4.39. The third-order valence-corrected chi connectivity index (χ3v) is 3.79. The van der Waals surface area contributed by atoms with Crippen LogP contribution in [0.1, 0.15) is 12.5 Å². The molecule has 6 nitrogen and oxygen atoms in total. The average molecular weight is 389 g/mol. The molecule has 0 saturated heterocycles. The summed E-state index contributed by atoms with van der Waals surface area (Å²) in [6, 6.07) is 11.4. The summed E-state index contributed by atoms with van der Waals surface area (Å²) in [5.41, 5.74) is 0.853. The van der Waals surface area contributed by atoms with Gasteiger partial charge in [-0.3, -0.25) is 4.98 Å². The van der Waals surface area contributed by atoms with Gasteiger partial charge in [-0.25, -0.2) is 4.98 Å². The van der Waals surface area contributed by atoms with Gasteiger partial charge in [0, 0.05) is 24.0 Å². The van der Waals surface area contributed by atoms with Crippen molar-refractivity contribution in [3.05, 3.63) is 60.3 Å². The van der Waals surface area contributed by atoms with Gasteiger partial charge in [-0.05, 0) is 43.3 Å². The Morgan fingerprint density at radius 3 is 2.39 bits per heavy atom. The molecule has 0 fully saturated rings. The van der Waals surface area contributed by atoms with Crippen molar-refractivity contribution in [1.82, 2.24) is 15.0 Å². The van der Waals surface area contributed by atoms with Gasteiger partial charge >= 0.3 is 6.18 Å². The Labute approximate surface area is 159 Å². The first-order chi connectivity index (χ1) is 13.3. The topological polar surface area (TPSA) is 83.0 Å². The lowest BCUT2D eigenvalue weighted by molar-refractivity contribution is -0.137. The van der Waals surface area contributed by atoms with Crippen LogP contribution in [0.2, 0.25) is 0 Å². The molecule has 0 radical (unpaired) electrons. The lowest BCUT2D eigenvalue weighted by Gasteiger charge is -2.14. The SMILES string of the molecule is C[C@@H](CO)Nc1nc(Nc2ccc(C(F)(F)F)cc2)cc(-c2ccccn2)n1. The summed E-state index contributed by atoms with van der Waals surface area (Å²) in [7, 11) is 0. The second kappa shape index (κ2) is 8.22. The first-order valence-corrected chi connectivity index (χ1v) is 8.47. The van der Waals surface area contributed by atoms with E-state index in [0.717, 1.165) is 12.1 Å². The van der Waals surface area contributed by atoms with Gasteiger partial charge in [0.15, 0.2) is 0 Å². The molecule has 28 heavy (non-hydrogen) atoms. The number of halogens is 3. The van der Waals surface area contributed by atoms with Crippen LogP contribution in [-0.2, 0) is 6.18 Å². The number of nitrogens with one attached hydrogen (secondary N) is 2. The van der Waals surface area contributed by atoms with Crippen molar-refractivity contribution >= 4 is 17.5 Å². The minimum Gasteiger partial charge on any atom is -0.394 e. The quantitative estimate of drug-likeness (QED) is 0.589. The first-order valence-electron chi connectivity index (χ1n) is 8.47. The van der Waals surface area contributed by atoms with E-state index < -0.39 is 11.7 Å². The molecule has 1 aromatic carbocycles. The largest absolute Gasteiger partial charge is 0.416 e. The number of benzene rings is 1. The number of aliphatic hydroxyl groups excluding tert-OH is 1. The van der Waals surface area contributed by atoms with Crippen molar-refractivity contribution in [3.63, 3.8) is 0 Å². The predicted molar refractivity (Wildman–Crippen MR) is 100 cm³/mol. The van der Waals surface area contributed by atoms with Crippen molar-refractivity contribution in [2.45, 2.75) is 19.1 Å². The minimum absolute atomic E-state index is 0.112. The normalized spacial score (nSPS) is 12.5. The Hall–Kier alpha value is -3.20. The van der Waals surface area contributed by atoms with Crippen LogP contribution in [0.5, 0.6) is 0 Å². The maximum absolute atomic E-state index is 12.7. The highest BCUT2D eigenvalue weighted by molar-refractivity contribution is 5.65. The maximum atomic E-state index is 12.7. The zero-order valence-electron chi connectivity index (χ0n) is 14.9. The fourth-order valence-electron chi connectivity index (χ4n) is 2.38. The molecule has 0 amide bonds. The Morgan fingerprint density at radius 1 is 1.04 bits per heavy atom. The molecule has 2 aromatic heterocycles. The van der Waals surface area contributed by atoms with Crippen LogP contribution in [0.4, 0.5) is 30.6 Å². The molecular formula is C19H18F3N5O. The summed E-state index contributed by atoms with van der Waals surface area (Å²) in [4.78, 5) is 13.0. The van der Waals surface area contributed by atoms with Gasteiger partial charge in [0.2, 0.25) is 5.95 Å². The number of aliphatic hydroxyl groups is 1. The van der Waals surface area contributed by atoms with Crippen LogP contribution in [0, 0.1) is 0 Å². The van der Waals surface area contributed by atoms with Gasteiger partial charge in [-0.1, -0.05) is 6.07 Å². The Kier molecular flexibility index (Phi) is 5.74. The van der Waals surface area contributed by atoms with Crippen molar-refractivity contribution in [2.24, 2.45) is 0 Å². The molecule has 0 aliphatic rings. The molecule has 0 aliphatic heterocycles. The van der Waals surface area contributed by atoms with Gasteiger partial charge in [0.25, 0.3) is 0 Å². The van der Waals surface area contributed by atoms with E-state index in [9.17, 15) is 18.3 Å². The molecule has 0 unspecified atom stereocenters. The van der Waals surface area contributed by atoms with Crippen LogP contribution >= 0.6 is 0 Å². The van der Waals surface area contributed by atoms with E-state index in [1.165, 1.54) is 12.1 Å². The zero-order chi connectivity index (χ0) is 20.1. The van der Waals surface area contributed by atoms with E-state index in [4.69, 9.17) is 0 Å². The number of rotatable bonds is 6. The standard InChI is InChI=1S/C19H18F3N5O/c1-12(11-28)24-18-26-16(15-4-2-3-9-23-15)10-17(27-18)25-14-7-5-13(6-8-14)19(20,21)22/h2-10,12,28H,11H2,1H3,(H2,24,25,26,27)/t12-/m0/s1. The van der Waals surface area contributed by atoms with Crippen LogP contribution in [0.15, 0.2) is 54.7 Å². The van der Waals surface area contributed by atoms with E-state index in [0.29, 0.717) is 22.9 Å². The Morgan fingerprint density at radius 2 is 1.79 bits per heavy atom. The van der Waals surface area contributed by atoms with E-state index in [2.05, 4.69) is 25.6 Å². The number of aromatic nitrogens is 3. The van der Waals surface area contributed by atoms with E-state index in [1.807, 2.05) is 6.07 Å². The molecule has 9 heteroatoms. The number of nitrogens with zero attached hydrogens (tertiary/aromatic N) is 3. The number of hydrogen-bond acceptors (Lipinski definition) is 6. The molecule has 1 atom stereocenters. The average Bonchev–Trinajstić information content (AvgIpc) is 2.68. The number of anilines is 3. The molecule has 146 valence electrons. The molecule has 3 aromatic rings. The predicted octanol–water partition coefficient (Wildman–Crippen LogP) is 4.09. The van der Waals surface area contributed by atoms with Crippen molar-refractivity contribution < 1.29 is 18.3 Å². The van der Waals surface area contributed by atoms with Crippen LogP contribution in [0.25, 0.3) is 11.4 Å². The van der Waals surface area contributed by atoms with E-state index >= 15 is 0 Å². The Balaban J connectivity index is 1.91. The zero-order valence-corrected chi connectivity index (χ0v) is 14.9.